The summed E-state index contributed by atoms with van der Waals surface area (Å²) in [5.74, 6) is -0.0451. The third-order valence-electron chi connectivity index (χ3n) is 4.52. The van der Waals surface area contributed by atoms with E-state index in [1.807, 2.05) is 12.1 Å². The fraction of sp³-hybridized carbons (Fsp3) is 0.250. The summed E-state index contributed by atoms with van der Waals surface area (Å²) in [6.45, 7) is 0.891. The van der Waals surface area contributed by atoms with E-state index in [-0.39, 0.29) is 37.0 Å². The zero-order chi connectivity index (χ0) is 20.1. The molecule has 1 heterocycles. The van der Waals surface area contributed by atoms with Crippen molar-refractivity contribution < 1.29 is 22.3 Å². The smallest absolute Gasteiger partial charge is 0.246 e. The van der Waals surface area contributed by atoms with Crippen LogP contribution in [-0.2, 0) is 14.8 Å². The highest BCUT2D eigenvalue weighted by Crippen LogP contribution is 2.19. The number of hydrogen-bond donors (Lipinski definition) is 0. The largest absolute Gasteiger partial charge is 0.497 e. The number of benzene rings is 2. The molecule has 2 aromatic rings. The van der Waals surface area contributed by atoms with Gasteiger partial charge in [-0.2, -0.15) is 4.31 Å². The van der Waals surface area contributed by atoms with Gasteiger partial charge >= 0.3 is 0 Å². The van der Waals surface area contributed by atoms with E-state index in [4.69, 9.17) is 4.74 Å². The number of methoxy groups -OCH3 is 1. The molecule has 2 aromatic carbocycles. The van der Waals surface area contributed by atoms with E-state index >= 15 is 0 Å². The molecule has 0 radical (unpaired) electrons. The summed E-state index contributed by atoms with van der Waals surface area (Å²) in [5, 5.41) is 0. The van der Waals surface area contributed by atoms with Gasteiger partial charge in [0.2, 0.25) is 15.9 Å². The van der Waals surface area contributed by atoms with Gasteiger partial charge in [0, 0.05) is 32.3 Å². The molecule has 148 valence electrons. The molecule has 0 N–H and O–H groups in total. The topological polar surface area (TPSA) is 66.9 Å². The Kier molecular flexibility index (Phi) is 6.11. The van der Waals surface area contributed by atoms with Gasteiger partial charge in [0.05, 0.1) is 12.0 Å². The molecule has 1 aliphatic heterocycles. The molecule has 1 amide bonds. The second kappa shape index (κ2) is 8.53. The minimum Gasteiger partial charge on any atom is -0.497 e. The summed E-state index contributed by atoms with van der Waals surface area (Å²) >= 11 is 0. The average molecular weight is 404 g/mol. The number of rotatable bonds is 5. The van der Waals surface area contributed by atoms with Crippen molar-refractivity contribution in [3.8, 4) is 5.75 Å². The molecule has 0 spiro atoms. The highest BCUT2D eigenvalue weighted by molar-refractivity contribution is 7.89. The second-order valence-electron chi connectivity index (χ2n) is 6.29. The number of halogens is 1. The maximum absolute atomic E-state index is 13.3. The van der Waals surface area contributed by atoms with Gasteiger partial charge < -0.3 is 9.64 Å². The van der Waals surface area contributed by atoms with Crippen LogP contribution in [0.1, 0.15) is 5.56 Å². The molecule has 0 saturated carbocycles. The summed E-state index contributed by atoms with van der Waals surface area (Å²) in [4.78, 5) is 13.9. The lowest BCUT2D eigenvalue weighted by Crippen LogP contribution is -2.50. The fourth-order valence-electron chi connectivity index (χ4n) is 2.91. The molecule has 0 atom stereocenters. The Morgan fingerprint density at radius 2 is 1.75 bits per heavy atom. The molecule has 0 aromatic heterocycles. The van der Waals surface area contributed by atoms with Gasteiger partial charge in [-0.25, -0.2) is 12.8 Å². The number of ether oxygens (including phenoxy) is 1. The van der Waals surface area contributed by atoms with Crippen LogP contribution < -0.4 is 4.74 Å². The lowest BCUT2D eigenvalue weighted by Gasteiger charge is -2.33. The van der Waals surface area contributed by atoms with Crippen LogP contribution in [0, 0.1) is 5.82 Å². The van der Waals surface area contributed by atoms with Gasteiger partial charge in [-0.3, -0.25) is 4.79 Å². The molecule has 0 unspecified atom stereocenters. The van der Waals surface area contributed by atoms with Crippen molar-refractivity contribution in [2.75, 3.05) is 33.3 Å². The van der Waals surface area contributed by atoms with Crippen molar-refractivity contribution in [3.05, 3.63) is 66.0 Å². The molecule has 3 rings (SSSR count). The third kappa shape index (κ3) is 4.58. The standard InChI is InChI=1S/C20H21FN2O4S/c1-27-18-8-5-16(6-9-18)7-10-20(24)22-11-13-23(14-12-22)28(25,26)19-4-2-3-17(21)15-19/h2-10,15H,11-14H2,1H3/b10-7+. The fourth-order valence-corrected chi connectivity index (χ4v) is 4.37. The van der Waals surface area contributed by atoms with E-state index in [9.17, 15) is 17.6 Å². The van der Waals surface area contributed by atoms with Gasteiger partial charge in [-0.15, -0.1) is 0 Å². The van der Waals surface area contributed by atoms with Gasteiger partial charge in [-0.1, -0.05) is 18.2 Å². The van der Waals surface area contributed by atoms with Crippen molar-refractivity contribution in [3.63, 3.8) is 0 Å². The van der Waals surface area contributed by atoms with Crippen LogP contribution in [0.4, 0.5) is 4.39 Å². The first-order valence-corrected chi connectivity index (χ1v) is 10.2. The molecule has 1 fully saturated rings. The average Bonchev–Trinajstić information content (AvgIpc) is 2.72. The maximum atomic E-state index is 13.3. The summed E-state index contributed by atoms with van der Waals surface area (Å²) in [5.41, 5.74) is 0.862. The summed E-state index contributed by atoms with van der Waals surface area (Å²) in [6, 6.07) is 12.2. The monoisotopic (exact) mass is 404 g/mol. The number of carbonyl (C=O) groups is 1. The molecule has 8 heteroatoms. The third-order valence-corrected chi connectivity index (χ3v) is 6.41. The Hall–Kier alpha value is -2.71. The lowest BCUT2D eigenvalue weighted by atomic mass is 10.2. The zero-order valence-corrected chi connectivity index (χ0v) is 16.2. The van der Waals surface area contributed by atoms with Gasteiger partial charge in [0.1, 0.15) is 11.6 Å². The maximum Gasteiger partial charge on any atom is 0.246 e. The predicted molar refractivity (Wildman–Crippen MR) is 104 cm³/mol. The Balaban J connectivity index is 1.59. The lowest BCUT2D eigenvalue weighted by molar-refractivity contribution is -0.127. The number of hydrogen-bond acceptors (Lipinski definition) is 4. The molecule has 1 saturated heterocycles. The Labute approximate surface area is 163 Å². The molecule has 0 bridgehead atoms. The Morgan fingerprint density at radius 1 is 1.07 bits per heavy atom. The van der Waals surface area contributed by atoms with Crippen LogP contribution in [0.3, 0.4) is 0 Å². The van der Waals surface area contributed by atoms with Crippen LogP contribution in [0.2, 0.25) is 0 Å². The van der Waals surface area contributed by atoms with Crippen molar-refractivity contribution >= 4 is 22.0 Å². The van der Waals surface area contributed by atoms with Crippen LogP contribution in [0.15, 0.2) is 59.5 Å². The second-order valence-corrected chi connectivity index (χ2v) is 8.23. The first-order chi connectivity index (χ1) is 13.4. The van der Waals surface area contributed by atoms with Crippen molar-refractivity contribution in [2.24, 2.45) is 0 Å². The van der Waals surface area contributed by atoms with Gasteiger partial charge in [0.15, 0.2) is 0 Å². The summed E-state index contributed by atoms with van der Waals surface area (Å²) in [6.07, 6.45) is 3.18. The first-order valence-electron chi connectivity index (χ1n) is 8.77. The van der Waals surface area contributed by atoms with E-state index in [2.05, 4.69) is 0 Å². The van der Waals surface area contributed by atoms with Crippen LogP contribution in [-0.4, -0.2) is 56.8 Å². The van der Waals surface area contributed by atoms with Crippen molar-refractivity contribution in [1.82, 2.24) is 9.21 Å². The van der Waals surface area contributed by atoms with Gasteiger partial charge in [0.25, 0.3) is 0 Å². The summed E-state index contributed by atoms with van der Waals surface area (Å²) in [7, 11) is -2.18. The minimum atomic E-state index is -3.77. The van der Waals surface area contributed by atoms with Crippen molar-refractivity contribution in [1.29, 1.82) is 0 Å². The molecular weight excluding hydrogens is 383 g/mol. The number of amides is 1. The van der Waals surface area contributed by atoms with Crippen LogP contribution >= 0.6 is 0 Å². The first kappa shape index (κ1) is 20.0. The highest BCUT2D eigenvalue weighted by atomic mass is 32.2. The van der Waals surface area contributed by atoms with E-state index in [1.54, 1.807) is 30.2 Å². The van der Waals surface area contributed by atoms with E-state index < -0.39 is 15.8 Å². The van der Waals surface area contributed by atoms with Gasteiger partial charge in [-0.05, 0) is 42.0 Å². The SMILES string of the molecule is COc1ccc(/C=C/C(=O)N2CCN(S(=O)(=O)c3cccc(F)c3)CC2)cc1. The van der Waals surface area contributed by atoms with E-state index in [1.165, 1.54) is 28.6 Å². The number of carbonyl (C=O) groups excluding carboxylic acids is 1. The normalized spacial score (nSPS) is 15.7. The Bertz CT molecular complexity index is 966. The molecular formula is C20H21FN2O4S. The van der Waals surface area contributed by atoms with E-state index in [0.717, 1.165) is 17.4 Å². The predicted octanol–water partition coefficient (Wildman–Crippen LogP) is 2.38. The highest BCUT2D eigenvalue weighted by Gasteiger charge is 2.29. The molecule has 28 heavy (non-hydrogen) atoms. The quantitative estimate of drug-likeness (QED) is 0.718. The van der Waals surface area contributed by atoms with E-state index in [0.29, 0.717) is 0 Å². The van der Waals surface area contributed by atoms with Crippen molar-refractivity contribution in [2.45, 2.75) is 4.90 Å². The van der Waals surface area contributed by atoms with Crippen LogP contribution in [0.25, 0.3) is 6.08 Å². The number of sulfonamides is 1. The summed E-state index contributed by atoms with van der Waals surface area (Å²) < 4.78 is 44.9. The zero-order valence-electron chi connectivity index (χ0n) is 15.4. The minimum absolute atomic E-state index is 0.0771. The molecule has 0 aliphatic carbocycles. The Morgan fingerprint density at radius 3 is 2.36 bits per heavy atom. The van der Waals surface area contributed by atoms with Crippen LogP contribution in [0.5, 0.6) is 5.75 Å². The number of nitrogens with zero attached hydrogens (tertiary/aromatic N) is 2. The molecule has 6 nitrogen and oxygen atoms in total. The number of piperazine rings is 1. The molecule has 1 aliphatic rings.